The number of imidazole rings is 1. The molecule has 0 spiro atoms. The Kier molecular flexibility index (Phi) is 12.9. The zero-order valence-corrected chi connectivity index (χ0v) is 19.2. The van der Waals surface area contributed by atoms with Crippen LogP contribution in [0.25, 0.3) is 0 Å². The van der Waals surface area contributed by atoms with Crippen molar-refractivity contribution in [2.45, 2.75) is 62.7 Å². The highest BCUT2D eigenvalue weighted by molar-refractivity contribution is 5.94. The van der Waals surface area contributed by atoms with Crippen LogP contribution in [-0.2, 0) is 30.4 Å². The van der Waals surface area contributed by atoms with Crippen molar-refractivity contribution < 1.29 is 34.2 Å². The number of aliphatic hydroxyl groups excluding tert-OH is 1. The van der Waals surface area contributed by atoms with Crippen LogP contribution < -0.4 is 33.2 Å². The van der Waals surface area contributed by atoms with E-state index in [9.17, 15) is 34.2 Å². The number of carboxylic acid groups (broad SMARTS) is 1. The Bertz CT molecular complexity index is 849. The molecule has 1 heterocycles. The van der Waals surface area contributed by atoms with Gasteiger partial charge in [-0.25, -0.2) is 9.78 Å². The van der Waals surface area contributed by atoms with Gasteiger partial charge in [0.2, 0.25) is 23.6 Å². The molecule has 15 nitrogen and oxygen atoms in total. The van der Waals surface area contributed by atoms with Crippen LogP contribution in [0.4, 0.5) is 0 Å². The Labute approximate surface area is 201 Å². The van der Waals surface area contributed by atoms with Crippen molar-refractivity contribution in [1.29, 1.82) is 0 Å². The molecule has 4 atom stereocenters. The van der Waals surface area contributed by atoms with Crippen LogP contribution in [0.5, 0.6) is 0 Å². The van der Waals surface area contributed by atoms with Gasteiger partial charge in [0.25, 0.3) is 0 Å². The summed E-state index contributed by atoms with van der Waals surface area (Å²) in [6.07, 6.45) is 3.65. The first-order valence-corrected chi connectivity index (χ1v) is 11.0. The summed E-state index contributed by atoms with van der Waals surface area (Å²) in [5.41, 5.74) is 16.7. The van der Waals surface area contributed by atoms with Crippen LogP contribution >= 0.6 is 0 Å². The van der Waals surface area contributed by atoms with Gasteiger partial charge in [-0.2, -0.15) is 0 Å². The monoisotopic (exact) mass is 498 g/mol. The number of hydrogen-bond donors (Lipinski definition) is 9. The lowest BCUT2D eigenvalue weighted by Crippen LogP contribution is -2.58. The number of primary amides is 1. The summed E-state index contributed by atoms with van der Waals surface area (Å²) in [5.74, 6) is -4.37. The fraction of sp³-hybridized carbons (Fsp3) is 0.600. The number of carboxylic acids is 1. The highest BCUT2D eigenvalue weighted by Gasteiger charge is 2.30. The smallest absolute Gasteiger partial charge is 0.326 e. The van der Waals surface area contributed by atoms with Gasteiger partial charge in [0.1, 0.15) is 18.1 Å². The number of hydrogen-bond acceptors (Lipinski definition) is 9. The van der Waals surface area contributed by atoms with Gasteiger partial charge < -0.3 is 48.3 Å². The maximum atomic E-state index is 12.8. The predicted molar refractivity (Wildman–Crippen MR) is 122 cm³/mol. The summed E-state index contributed by atoms with van der Waals surface area (Å²) in [5, 5.41) is 26.1. The number of carbonyl (C=O) groups is 5. The van der Waals surface area contributed by atoms with Crippen molar-refractivity contribution in [3.8, 4) is 0 Å². The largest absolute Gasteiger partial charge is 0.480 e. The number of aromatic nitrogens is 2. The minimum absolute atomic E-state index is 0.0576. The quantitative estimate of drug-likeness (QED) is 0.0945. The topological polar surface area (TPSA) is 269 Å². The average Bonchev–Trinajstić information content (AvgIpc) is 3.32. The maximum absolute atomic E-state index is 12.8. The molecular formula is C20H34N8O7. The van der Waals surface area contributed by atoms with Crippen LogP contribution in [0.2, 0.25) is 0 Å². The summed E-state index contributed by atoms with van der Waals surface area (Å²) in [4.78, 5) is 66.8. The number of nitrogens with one attached hydrogen (secondary N) is 4. The highest BCUT2D eigenvalue weighted by atomic mass is 16.4. The zero-order valence-electron chi connectivity index (χ0n) is 19.2. The first-order valence-electron chi connectivity index (χ1n) is 11.0. The SMILES string of the molecule is NCCCCC(NC(=O)C(CO)NC(=O)C(N)CCC(N)=O)C(=O)NC(Cc1cnc[nH]1)C(=O)O. The number of rotatable bonds is 17. The minimum Gasteiger partial charge on any atom is -0.480 e. The van der Waals surface area contributed by atoms with E-state index in [1.807, 2.05) is 0 Å². The molecule has 12 N–H and O–H groups in total. The molecule has 0 saturated carbocycles. The van der Waals surface area contributed by atoms with Crippen LogP contribution in [0, 0.1) is 0 Å². The molecule has 1 rings (SSSR count). The molecular weight excluding hydrogens is 464 g/mol. The molecule has 1 aromatic rings. The van der Waals surface area contributed by atoms with Crippen molar-refractivity contribution in [1.82, 2.24) is 25.9 Å². The number of nitrogens with two attached hydrogens (primary N) is 3. The van der Waals surface area contributed by atoms with E-state index in [1.165, 1.54) is 12.5 Å². The first-order chi connectivity index (χ1) is 16.6. The van der Waals surface area contributed by atoms with E-state index in [2.05, 4.69) is 25.9 Å². The number of unbranched alkanes of at least 4 members (excludes halogenated alkanes) is 1. The van der Waals surface area contributed by atoms with Crippen molar-refractivity contribution in [2.75, 3.05) is 13.2 Å². The summed E-state index contributed by atoms with van der Waals surface area (Å²) in [6.45, 7) is -0.451. The van der Waals surface area contributed by atoms with Gasteiger partial charge in [-0.05, 0) is 32.2 Å². The molecule has 0 saturated heterocycles. The lowest BCUT2D eigenvalue weighted by molar-refractivity contribution is -0.142. The van der Waals surface area contributed by atoms with Gasteiger partial charge in [-0.3, -0.25) is 19.2 Å². The van der Waals surface area contributed by atoms with E-state index >= 15 is 0 Å². The number of amides is 4. The summed E-state index contributed by atoms with van der Waals surface area (Å²) < 4.78 is 0. The van der Waals surface area contributed by atoms with Crippen LogP contribution in [0.1, 0.15) is 37.8 Å². The number of aliphatic carboxylic acids is 1. The van der Waals surface area contributed by atoms with Gasteiger partial charge in [0.05, 0.1) is 19.0 Å². The fourth-order valence-electron chi connectivity index (χ4n) is 3.02. The molecule has 0 aliphatic rings. The van der Waals surface area contributed by atoms with E-state index in [4.69, 9.17) is 17.2 Å². The Morgan fingerprint density at radius 2 is 1.60 bits per heavy atom. The molecule has 0 aliphatic carbocycles. The third-order valence-corrected chi connectivity index (χ3v) is 5.03. The van der Waals surface area contributed by atoms with E-state index in [-0.39, 0.29) is 25.7 Å². The number of nitrogens with zero attached hydrogens (tertiary/aromatic N) is 1. The van der Waals surface area contributed by atoms with Gasteiger partial charge >= 0.3 is 5.97 Å². The Morgan fingerprint density at radius 3 is 2.14 bits per heavy atom. The van der Waals surface area contributed by atoms with E-state index in [1.54, 1.807) is 0 Å². The lowest BCUT2D eigenvalue weighted by atomic mass is 10.1. The molecule has 4 amide bonds. The van der Waals surface area contributed by atoms with Crippen molar-refractivity contribution >= 4 is 29.6 Å². The van der Waals surface area contributed by atoms with Crippen LogP contribution in [-0.4, -0.2) is 87.1 Å². The molecule has 0 bridgehead atoms. The predicted octanol–water partition coefficient (Wildman–Crippen LogP) is -3.79. The molecule has 0 aromatic carbocycles. The summed E-state index contributed by atoms with van der Waals surface area (Å²) in [6, 6.07) is -5.04. The molecule has 0 aliphatic heterocycles. The highest BCUT2D eigenvalue weighted by Crippen LogP contribution is 2.05. The van der Waals surface area contributed by atoms with Crippen molar-refractivity contribution in [2.24, 2.45) is 17.2 Å². The van der Waals surface area contributed by atoms with E-state index in [0.717, 1.165) is 0 Å². The van der Waals surface area contributed by atoms with Gasteiger partial charge in [-0.15, -0.1) is 0 Å². The fourth-order valence-corrected chi connectivity index (χ4v) is 3.02. The van der Waals surface area contributed by atoms with E-state index in [0.29, 0.717) is 25.1 Å². The molecule has 0 fully saturated rings. The molecule has 4 unspecified atom stereocenters. The van der Waals surface area contributed by atoms with E-state index < -0.39 is 60.4 Å². The number of aliphatic hydroxyl groups is 1. The van der Waals surface area contributed by atoms with Gasteiger partial charge in [-0.1, -0.05) is 0 Å². The third-order valence-electron chi connectivity index (χ3n) is 5.03. The molecule has 196 valence electrons. The normalized spacial score (nSPS) is 14.3. The second-order valence-corrected chi connectivity index (χ2v) is 7.88. The number of aromatic amines is 1. The minimum atomic E-state index is -1.44. The number of H-pyrrole nitrogens is 1. The maximum Gasteiger partial charge on any atom is 0.326 e. The van der Waals surface area contributed by atoms with Crippen LogP contribution in [0.3, 0.4) is 0 Å². The third kappa shape index (κ3) is 10.9. The molecule has 0 radical (unpaired) electrons. The Hall–Kier alpha value is -3.56. The Morgan fingerprint density at radius 1 is 0.971 bits per heavy atom. The molecule has 1 aromatic heterocycles. The molecule has 15 heteroatoms. The second kappa shape index (κ2) is 15.4. The average molecular weight is 499 g/mol. The summed E-state index contributed by atoms with van der Waals surface area (Å²) in [7, 11) is 0. The first kappa shape index (κ1) is 29.5. The Balaban J connectivity index is 2.85. The second-order valence-electron chi connectivity index (χ2n) is 7.88. The van der Waals surface area contributed by atoms with Crippen molar-refractivity contribution in [3.63, 3.8) is 0 Å². The molecule has 35 heavy (non-hydrogen) atoms. The standard InChI is InChI=1S/C20H34N8O7/c21-6-2-1-3-13(18(32)27-14(20(34)35)7-11-8-24-10-25-11)26-19(33)15(9-29)28-17(31)12(22)4-5-16(23)30/h8,10,12-15,29H,1-7,9,21-22H2,(H2,23,30)(H,24,25)(H,26,33)(H,27,32)(H,28,31)(H,34,35). The lowest BCUT2D eigenvalue weighted by Gasteiger charge is -2.24. The van der Waals surface area contributed by atoms with Crippen LogP contribution in [0.15, 0.2) is 12.5 Å². The van der Waals surface area contributed by atoms with Crippen molar-refractivity contribution in [3.05, 3.63) is 18.2 Å². The summed E-state index contributed by atoms with van der Waals surface area (Å²) >= 11 is 0. The van der Waals surface area contributed by atoms with Gasteiger partial charge in [0.15, 0.2) is 0 Å². The zero-order chi connectivity index (χ0) is 26.4. The number of carbonyl (C=O) groups excluding carboxylic acids is 4. The van der Waals surface area contributed by atoms with Gasteiger partial charge in [0, 0.05) is 24.7 Å².